The molecule has 7 nitrogen and oxygen atoms in total. The van der Waals surface area contributed by atoms with Crippen LogP contribution in [0.3, 0.4) is 0 Å². The largest absolute Gasteiger partial charge is 0.478 e. The fourth-order valence-electron chi connectivity index (χ4n) is 1.59. The quantitative estimate of drug-likeness (QED) is 0.773. The topological polar surface area (TPSA) is 112 Å². The number of aromatic amines is 1. The summed E-state index contributed by atoms with van der Waals surface area (Å²) < 4.78 is 0. The molecule has 102 valence electrons. The van der Waals surface area contributed by atoms with Gasteiger partial charge in [0, 0.05) is 11.8 Å². The maximum Gasteiger partial charge on any atom is 0.335 e. The molecular weight excluding hydrogens is 262 g/mol. The molecule has 7 heteroatoms. The Balaban J connectivity index is 2.21. The zero-order valence-corrected chi connectivity index (χ0v) is 10.5. The molecule has 0 saturated carbocycles. The number of nitrogens with one attached hydrogen (secondary N) is 2. The minimum Gasteiger partial charge on any atom is -0.478 e. The lowest BCUT2D eigenvalue weighted by Crippen LogP contribution is -2.18. The number of aromatic carboxylic acids is 1. The lowest BCUT2D eigenvalue weighted by molar-refractivity contribution is 0.0696. The van der Waals surface area contributed by atoms with Crippen molar-refractivity contribution in [2.45, 2.75) is 6.92 Å². The Kier molecular flexibility index (Phi) is 3.60. The first-order valence-electron chi connectivity index (χ1n) is 5.68. The van der Waals surface area contributed by atoms with Gasteiger partial charge in [-0.2, -0.15) is 5.10 Å². The predicted molar refractivity (Wildman–Crippen MR) is 70.9 cm³/mol. The Bertz CT molecular complexity index is 716. The number of carbonyl (C=O) groups is 2. The van der Waals surface area contributed by atoms with Gasteiger partial charge in [0.2, 0.25) is 0 Å². The fraction of sp³-hybridized carbons (Fsp3) is 0.0769. The van der Waals surface area contributed by atoms with E-state index in [0.29, 0.717) is 11.3 Å². The predicted octanol–water partition coefficient (Wildman–Crippen LogP) is 1.03. The number of carboxylic acid groups (broad SMARTS) is 1. The number of aromatic nitrogens is 2. The van der Waals surface area contributed by atoms with Crippen LogP contribution < -0.4 is 10.9 Å². The van der Waals surface area contributed by atoms with Crippen LogP contribution in [-0.2, 0) is 0 Å². The molecule has 1 heterocycles. The molecule has 0 aliphatic heterocycles. The number of aryl methyl sites for hydroxylation is 1. The number of H-pyrrole nitrogens is 1. The van der Waals surface area contributed by atoms with Crippen LogP contribution in [0.5, 0.6) is 0 Å². The van der Waals surface area contributed by atoms with Crippen molar-refractivity contribution in [1.82, 2.24) is 10.2 Å². The van der Waals surface area contributed by atoms with Crippen molar-refractivity contribution in [1.29, 1.82) is 0 Å². The van der Waals surface area contributed by atoms with Gasteiger partial charge in [-0.25, -0.2) is 9.89 Å². The summed E-state index contributed by atoms with van der Waals surface area (Å²) in [5.41, 5.74) is 0.896. The van der Waals surface area contributed by atoms with Crippen LogP contribution in [0.25, 0.3) is 0 Å². The second-order valence-electron chi connectivity index (χ2n) is 4.10. The van der Waals surface area contributed by atoms with Gasteiger partial charge in [-0.3, -0.25) is 9.59 Å². The third kappa shape index (κ3) is 2.89. The summed E-state index contributed by atoms with van der Waals surface area (Å²) in [6.07, 6.45) is 0. The Hall–Kier alpha value is -2.96. The van der Waals surface area contributed by atoms with Gasteiger partial charge in [0.05, 0.1) is 5.56 Å². The SMILES string of the molecule is Cc1cc(C(=O)O)ccc1NC(=O)c1ccc(=O)[nH]n1. The van der Waals surface area contributed by atoms with Gasteiger partial charge in [-0.1, -0.05) is 0 Å². The summed E-state index contributed by atoms with van der Waals surface area (Å²) >= 11 is 0. The van der Waals surface area contributed by atoms with E-state index in [2.05, 4.69) is 15.5 Å². The molecular formula is C13H11N3O4. The van der Waals surface area contributed by atoms with Crippen molar-refractivity contribution < 1.29 is 14.7 Å². The van der Waals surface area contributed by atoms with E-state index in [1.54, 1.807) is 6.92 Å². The van der Waals surface area contributed by atoms with Crippen LogP contribution in [0.15, 0.2) is 35.1 Å². The number of hydrogen-bond acceptors (Lipinski definition) is 4. The van der Waals surface area contributed by atoms with E-state index in [9.17, 15) is 14.4 Å². The van der Waals surface area contributed by atoms with Crippen LogP contribution in [-0.4, -0.2) is 27.2 Å². The highest BCUT2D eigenvalue weighted by atomic mass is 16.4. The van der Waals surface area contributed by atoms with Crippen molar-refractivity contribution in [2.24, 2.45) is 0 Å². The number of hydrogen-bond donors (Lipinski definition) is 3. The average molecular weight is 273 g/mol. The summed E-state index contributed by atoms with van der Waals surface area (Å²) in [7, 11) is 0. The number of carboxylic acids is 1. The normalized spacial score (nSPS) is 10.1. The number of amides is 1. The summed E-state index contributed by atoms with van der Waals surface area (Å²) in [6, 6.07) is 6.85. The Morgan fingerprint density at radius 2 is 2.00 bits per heavy atom. The zero-order valence-electron chi connectivity index (χ0n) is 10.5. The van der Waals surface area contributed by atoms with Crippen LogP contribution in [0.1, 0.15) is 26.4 Å². The maximum absolute atomic E-state index is 11.9. The highest BCUT2D eigenvalue weighted by molar-refractivity contribution is 6.03. The maximum atomic E-state index is 11.9. The first-order chi connectivity index (χ1) is 9.47. The molecule has 2 rings (SSSR count). The van der Waals surface area contributed by atoms with E-state index in [1.165, 1.54) is 30.3 Å². The molecule has 0 aliphatic carbocycles. The summed E-state index contributed by atoms with van der Waals surface area (Å²) in [5, 5.41) is 17.2. The Labute approximate surface area is 113 Å². The number of nitrogens with zero attached hydrogens (tertiary/aromatic N) is 1. The number of carbonyl (C=O) groups excluding carboxylic acids is 1. The van der Waals surface area contributed by atoms with Gasteiger partial charge in [-0.15, -0.1) is 0 Å². The average Bonchev–Trinajstić information content (AvgIpc) is 2.41. The molecule has 1 amide bonds. The second kappa shape index (κ2) is 5.35. The number of benzene rings is 1. The summed E-state index contributed by atoms with van der Waals surface area (Å²) in [5.74, 6) is -1.53. The molecule has 0 bridgehead atoms. The van der Waals surface area contributed by atoms with Crippen molar-refractivity contribution >= 4 is 17.6 Å². The highest BCUT2D eigenvalue weighted by Gasteiger charge is 2.11. The molecule has 0 radical (unpaired) electrons. The zero-order chi connectivity index (χ0) is 14.7. The third-order valence-electron chi connectivity index (χ3n) is 2.63. The minimum atomic E-state index is -1.03. The molecule has 0 spiro atoms. The van der Waals surface area contributed by atoms with Crippen molar-refractivity contribution in [3.05, 3.63) is 57.5 Å². The summed E-state index contributed by atoms with van der Waals surface area (Å²) in [4.78, 5) is 33.5. The van der Waals surface area contributed by atoms with E-state index in [1.807, 2.05) is 0 Å². The lowest BCUT2D eigenvalue weighted by atomic mass is 10.1. The van der Waals surface area contributed by atoms with Crippen LogP contribution in [0.2, 0.25) is 0 Å². The smallest absolute Gasteiger partial charge is 0.335 e. The molecule has 0 atom stereocenters. The Morgan fingerprint density at radius 1 is 1.25 bits per heavy atom. The fourth-order valence-corrected chi connectivity index (χ4v) is 1.59. The first-order valence-corrected chi connectivity index (χ1v) is 5.68. The van der Waals surface area contributed by atoms with Crippen LogP contribution in [0.4, 0.5) is 5.69 Å². The molecule has 1 aromatic carbocycles. The van der Waals surface area contributed by atoms with Crippen LogP contribution in [0, 0.1) is 6.92 Å². The number of anilines is 1. The Morgan fingerprint density at radius 3 is 2.55 bits per heavy atom. The molecule has 0 unspecified atom stereocenters. The van der Waals surface area contributed by atoms with E-state index >= 15 is 0 Å². The lowest BCUT2D eigenvalue weighted by Gasteiger charge is -2.08. The van der Waals surface area contributed by atoms with Gasteiger partial charge in [0.1, 0.15) is 5.69 Å². The van der Waals surface area contributed by atoms with Gasteiger partial charge >= 0.3 is 5.97 Å². The number of rotatable bonds is 3. The van der Waals surface area contributed by atoms with E-state index < -0.39 is 17.4 Å². The van der Waals surface area contributed by atoms with Gasteiger partial charge in [0.25, 0.3) is 11.5 Å². The monoisotopic (exact) mass is 273 g/mol. The standard InChI is InChI=1S/C13H11N3O4/c1-7-6-8(13(19)20)2-3-9(7)14-12(18)10-4-5-11(17)16-15-10/h2-6H,1H3,(H,14,18)(H,16,17)(H,19,20). The molecule has 0 aliphatic rings. The van der Waals surface area contributed by atoms with E-state index in [0.717, 1.165) is 0 Å². The van der Waals surface area contributed by atoms with Crippen molar-refractivity contribution in [3.63, 3.8) is 0 Å². The second-order valence-corrected chi connectivity index (χ2v) is 4.10. The first kappa shape index (κ1) is 13.5. The summed E-state index contributed by atoms with van der Waals surface area (Å²) in [6.45, 7) is 1.68. The van der Waals surface area contributed by atoms with Crippen molar-refractivity contribution in [3.8, 4) is 0 Å². The third-order valence-corrected chi connectivity index (χ3v) is 2.63. The molecule has 1 aromatic heterocycles. The molecule has 0 fully saturated rings. The molecule has 0 saturated heterocycles. The van der Waals surface area contributed by atoms with E-state index in [-0.39, 0.29) is 11.3 Å². The minimum absolute atomic E-state index is 0.0614. The molecule has 20 heavy (non-hydrogen) atoms. The van der Waals surface area contributed by atoms with Crippen LogP contribution >= 0.6 is 0 Å². The van der Waals surface area contributed by atoms with Gasteiger partial charge in [0.15, 0.2) is 0 Å². The van der Waals surface area contributed by atoms with E-state index in [4.69, 9.17) is 5.11 Å². The van der Waals surface area contributed by atoms with Gasteiger partial charge < -0.3 is 10.4 Å². The molecule has 3 N–H and O–H groups in total. The molecule has 2 aromatic rings. The highest BCUT2D eigenvalue weighted by Crippen LogP contribution is 2.17. The van der Waals surface area contributed by atoms with Crippen molar-refractivity contribution in [2.75, 3.05) is 5.32 Å². The van der Waals surface area contributed by atoms with Gasteiger partial charge in [-0.05, 0) is 36.8 Å².